The van der Waals surface area contributed by atoms with E-state index in [-0.39, 0.29) is 8.80 Å². The average Bonchev–Trinajstić information content (AvgIpc) is 2.98. The Bertz CT molecular complexity index is 955. The summed E-state index contributed by atoms with van der Waals surface area (Å²) in [6.45, 7) is 0. The van der Waals surface area contributed by atoms with E-state index in [0.29, 0.717) is 0 Å². The van der Waals surface area contributed by atoms with Gasteiger partial charge in [-0.2, -0.15) is 0 Å². The Morgan fingerprint density at radius 3 is 2.74 bits per heavy atom. The number of nitrogen functional groups attached to an aromatic ring is 1. The van der Waals surface area contributed by atoms with Gasteiger partial charge in [0.25, 0.3) is 0 Å². The number of anilines is 1. The van der Waals surface area contributed by atoms with Crippen LogP contribution in [0.1, 0.15) is 2.85 Å². The van der Waals surface area contributed by atoms with Crippen molar-refractivity contribution >= 4 is 22.5 Å². The fourth-order valence-electron chi connectivity index (χ4n) is 2.24. The topological polar surface area (TPSA) is 94.0 Å². The minimum absolute atomic E-state index is 0. The summed E-state index contributed by atoms with van der Waals surface area (Å²) in [5.74, 6) is 0.246. The molecule has 7 nitrogen and oxygen atoms in total. The van der Waals surface area contributed by atoms with Crippen molar-refractivity contribution in [2.45, 2.75) is 0 Å². The zero-order chi connectivity index (χ0) is 16.2. The molecule has 0 unspecified atom stereocenters. The Kier molecular flexibility index (Phi) is 4.11. The maximum atomic E-state index is 5.58. The molecular formula is C16H21N7. The average molecular weight is 311 g/mol. The maximum absolute atomic E-state index is 5.58. The van der Waals surface area contributed by atoms with Gasteiger partial charge in [0.05, 0.1) is 28.4 Å². The fraction of sp³-hybridized carbons (Fsp3) is 0.125. The first kappa shape index (κ1) is 14.9. The highest BCUT2D eigenvalue weighted by molar-refractivity contribution is 5.83. The Morgan fingerprint density at radius 2 is 1.91 bits per heavy atom. The summed E-state index contributed by atoms with van der Waals surface area (Å²) in [5.41, 5.74) is 10.0. The highest BCUT2D eigenvalue weighted by Crippen LogP contribution is 2.24. The molecule has 0 radical (unpaired) electrons. The van der Waals surface area contributed by atoms with Gasteiger partial charge in [0.2, 0.25) is 5.95 Å². The predicted octanol–water partition coefficient (Wildman–Crippen LogP) is 2.25. The van der Waals surface area contributed by atoms with E-state index in [4.69, 9.17) is 5.73 Å². The summed E-state index contributed by atoms with van der Waals surface area (Å²) < 4.78 is 1.70. The molecule has 0 aliphatic carbocycles. The molecule has 0 aliphatic rings. The van der Waals surface area contributed by atoms with Gasteiger partial charge in [-0.3, -0.25) is 4.98 Å². The van der Waals surface area contributed by atoms with Crippen molar-refractivity contribution < 1.29 is 2.85 Å². The van der Waals surface area contributed by atoms with E-state index in [1.807, 2.05) is 50.6 Å². The van der Waals surface area contributed by atoms with E-state index >= 15 is 0 Å². The largest absolute Gasteiger partial charge is 0.367 e. The van der Waals surface area contributed by atoms with Gasteiger partial charge < -0.3 is 11.1 Å². The Hall–Kier alpha value is -3.06. The second-order valence-corrected chi connectivity index (χ2v) is 4.91. The third-order valence-corrected chi connectivity index (χ3v) is 3.17. The van der Waals surface area contributed by atoms with Gasteiger partial charge >= 0.3 is 0 Å². The van der Waals surface area contributed by atoms with Crippen molar-refractivity contribution in [2.24, 2.45) is 0 Å². The van der Waals surface area contributed by atoms with Crippen LogP contribution in [0.5, 0.6) is 0 Å². The molecule has 0 bridgehead atoms. The molecule has 7 heteroatoms. The van der Waals surface area contributed by atoms with Crippen LogP contribution in [0.3, 0.4) is 0 Å². The minimum Gasteiger partial charge on any atom is -0.367 e. The van der Waals surface area contributed by atoms with E-state index in [0.717, 1.165) is 27.8 Å². The second kappa shape index (κ2) is 6.37. The highest BCUT2D eigenvalue weighted by atomic mass is 15.3. The lowest BCUT2D eigenvalue weighted by atomic mass is 10.1. The number of nitrogens with zero attached hydrogens (tertiary/aromatic N) is 5. The van der Waals surface area contributed by atoms with Crippen LogP contribution in [0.4, 0.5) is 5.95 Å². The molecule has 120 valence electrons. The van der Waals surface area contributed by atoms with E-state index in [1.165, 1.54) is 0 Å². The molecule has 0 aromatic carbocycles. The Balaban J connectivity index is 0.000000586. The van der Waals surface area contributed by atoms with Gasteiger partial charge in [-0.1, -0.05) is 0 Å². The van der Waals surface area contributed by atoms with Crippen LogP contribution in [-0.4, -0.2) is 38.7 Å². The third-order valence-electron chi connectivity index (χ3n) is 3.17. The van der Waals surface area contributed by atoms with Crippen LogP contribution < -0.4 is 11.1 Å². The van der Waals surface area contributed by atoms with Crippen molar-refractivity contribution in [3.63, 3.8) is 0 Å². The monoisotopic (exact) mass is 311 g/mol. The van der Waals surface area contributed by atoms with Gasteiger partial charge in [0, 0.05) is 20.8 Å². The molecule has 0 fully saturated rings. The first-order valence-corrected chi connectivity index (χ1v) is 7.13. The summed E-state index contributed by atoms with van der Waals surface area (Å²) in [7, 11) is 3.75. The van der Waals surface area contributed by atoms with Gasteiger partial charge in [-0.05, 0) is 44.4 Å². The summed E-state index contributed by atoms with van der Waals surface area (Å²) in [6, 6.07) is 9.67. The van der Waals surface area contributed by atoms with Crippen LogP contribution in [0.2, 0.25) is 0 Å². The molecule has 0 aliphatic heterocycles. The molecule has 0 atom stereocenters. The lowest BCUT2D eigenvalue weighted by molar-refractivity contribution is 0.917. The maximum Gasteiger partial charge on any atom is 0.238 e. The molecule has 3 N–H and O–H groups in total. The Labute approximate surface area is 136 Å². The van der Waals surface area contributed by atoms with Gasteiger partial charge in [-0.25, -0.2) is 14.5 Å². The molecule has 0 saturated carbocycles. The first-order chi connectivity index (χ1) is 11.2. The summed E-state index contributed by atoms with van der Waals surface area (Å²) in [5, 5.41) is 6.88. The SMILES string of the molecule is CNC.Nc1ncc2c(-c3ccc4ncccc4n3)ccn2n1.[HH].[HH]. The molecule has 4 aromatic heterocycles. The van der Waals surface area contributed by atoms with E-state index in [9.17, 15) is 0 Å². The first-order valence-electron chi connectivity index (χ1n) is 7.13. The van der Waals surface area contributed by atoms with Crippen molar-refractivity contribution in [3.05, 3.63) is 48.9 Å². The molecule has 4 heterocycles. The molecule has 0 saturated heterocycles. The highest BCUT2D eigenvalue weighted by Gasteiger charge is 2.09. The van der Waals surface area contributed by atoms with E-state index in [2.05, 4.69) is 25.4 Å². The van der Waals surface area contributed by atoms with Crippen molar-refractivity contribution in [3.8, 4) is 11.3 Å². The number of fused-ring (bicyclic) bond motifs is 2. The molecule has 23 heavy (non-hydrogen) atoms. The standard InChI is InChI=1S/C14H10N6.C2H7N.2H2/c15-14-17-8-13-9(5-7-20(13)19-14)10-3-4-11-12(18-10)2-1-6-16-11;1-3-2;;/h1-8H,(H2,15,19);3H,1-2H3;2*1H. The van der Waals surface area contributed by atoms with E-state index in [1.54, 1.807) is 16.9 Å². The normalized spacial score (nSPS) is 10.5. The van der Waals surface area contributed by atoms with Crippen molar-refractivity contribution in [1.29, 1.82) is 0 Å². The predicted molar refractivity (Wildman–Crippen MR) is 95.1 cm³/mol. The second-order valence-electron chi connectivity index (χ2n) is 4.91. The molecule has 4 rings (SSSR count). The van der Waals surface area contributed by atoms with Crippen LogP contribution in [-0.2, 0) is 0 Å². The molecule has 0 spiro atoms. The lowest BCUT2D eigenvalue weighted by Crippen LogP contribution is -1.99. The zero-order valence-electron chi connectivity index (χ0n) is 12.9. The van der Waals surface area contributed by atoms with Crippen LogP contribution in [0, 0.1) is 0 Å². The zero-order valence-corrected chi connectivity index (χ0v) is 12.9. The number of rotatable bonds is 1. The van der Waals surface area contributed by atoms with Crippen molar-refractivity contribution in [2.75, 3.05) is 19.8 Å². The molecule has 0 amide bonds. The van der Waals surface area contributed by atoms with Crippen molar-refractivity contribution in [1.82, 2.24) is 29.9 Å². The van der Waals surface area contributed by atoms with Gasteiger partial charge in [0.1, 0.15) is 0 Å². The van der Waals surface area contributed by atoms with Crippen LogP contribution in [0.15, 0.2) is 48.9 Å². The minimum atomic E-state index is 0. The van der Waals surface area contributed by atoms with Crippen LogP contribution in [0.25, 0.3) is 27.8 Å². The molecule has 4 aromatic rings. The number of nitrogens with two attached hydrogens (primary N) is 1. The number of pyridine rings is 2. The summed E-state index contributed by atoms with van der Waals surface area (Å²) in [4.78, 5) is 12.9. The van der Waals surface area contributed by atoms with Gasteiger partial charge in [0.15, 0.2) is 0 Å². The summed E-state index contributed by atoms with van der Waals surface area (Å²) in [6.07, 6.45) is 5.30. The lowest BCUT2D eigenvalue weighted by Gasteiger charge is -2.02. The van der Waals surface area contributed by atoms with Gasteiger partial charge in [-0.15, -0.1) is 5.10 Å². The number of hydrogen-bond acceptors (Lipinski definition) is 6. The fourth-order valence-corrected chi connectivity index (χ4v) is 2.24. The quantitative estimate of drug-likeness (QED) is 0.560. The number of nitrogens with one attached hydrogen (secondary N) is 1. The van der Waals surface area contributed by atoms with Crippen LogP contribution >= 0.6 is 0 Å². The number of hydrogen-bond donors (Lipinski definition) is 2. The van der Waals surface area contributed by atoms with E-state index < -0.39 is 0 Å². The number of aromatic nitrogens is 5. The smallest absolute Gasteiger partial charge is 0.238 e. The summed E-state index contributed by atoms with van der Waals surface area (Å²) >= 11 is 0. The third kappa shape index (κ3) is 2.95. The Morgan fingerprint density at radius 1 is 1.09 bits per heavy atom. The molecular weight excluding hydrogens is 290 g/mol.